The highest BCUT2D eigenvalue weighted by Gasteiger charge is 2.34. The lowest BCUT2D eigenvalue weighted by molar-refractivity contribution is -0.140. The van der Waals surface area contributed by atoms with Crippen molar-refractivity contribution in [3.63, 3.8) is 0 Å². The van der Waals surface area contributed by atoms with Gasteiger partial charge in [0.05, 0.1) is 10.6 Å². The highest BCUT2D eigenvalue weighted by molar-refractivity contribution is 7.92. The first kappa shape index (κ1) is 31.2. The van der Waals surface area contributed by atoms with Crippen LogP contribution < -0.4 is 9.62 Å². The van der Waals surface area contributed by atoms with E-state index < -0.39 is 28.5 Å². The molecule has 40 heavy (non-hydrogen) atoms. The molecule has 0 saturated carbocycles. The quantitative estimate of drug-likeness (QED) is 0.289. The van der Waals surface area contributed by atoms with Gasteiger partial charge in [-0.3, -0.25) is 13.9 Å². The normalized spacial score (nSPS) is 12.8. The van der Waals surface area contributed by atoms with E-state index in [0.717, 1.165) is 27.4 Å². The lowest BCUT2D eigenvalue weighted by Gasteiger charge is -2.34. The molecule has 0 aromatic heterocycles. The van der Waals surface area contributed by atoms with Crippen molar-refractivity contribution in [3.05, 3.63) is 94.5 Å². The number of carbonyl (C=O) groups excluding carboxylic acids is 2. The fraction of sp³-hybridized carbons (Fsp3) is 0.355. The fourth-order valence-electron chi connectivity index (χ4n) is 4.33. The molecule has 9 heteroatoms. The number of aryl methyl sites for hydroxylation is 2. The summed E-state index contributed by atoms with van der Waals surface area (Å²) in [6.45, 7) is 9.19. The summed E-state index contributed by atoms with van der Waals surface area (Å²) in [5.41, 5.74) is 3.01. The fourth-order valence-corrected chi connectivity index (χ4v) is 5.92. The Labute approximate surface area is 243 Å². The van der Waals surface area contributed by atoms with Crippen molar-refractivity contribution >= 4 is 39.1 Å². The predicted molar refractivity (Wildman–Crippen MR) is 161 cm³/mol. The largest absolute Gasteiger partial charge is 0.352 e. The highest BCUT2D eigenvalue weighted by Crippen LogP contribution is 2.27. The molecule has 1 N–H and O–H groups in total. The standard InChI is InChI=1S/C31H38ClN3O4S/c1-6-24(5)33-31(37)29(7-2)34(20-25-12-9-8-11-23(25)4)30(36)21-35(27-14-10-13-26(32)19-27)40(38,39)28-17-15-22(3)16-18-28/h8-19,24,29H,6-7,20-21H2,1-5H3,(H,33,37). The maximum absolute atomic E-state index is 14.1. The number of anilines is 1. The Hall–Kier alpha value is -3.36. The Morgan fingerprint density at radius 2 is 1.60 bits per heavy atom. The number of hydrogen-bond donors (Lipinski definition) is 1. The van der Waals surface area contributed by atoms with Crippen LogP contribution in [0.25, 0.3) is 0 Å². The molecule has 2 unspecified atom stereocenters. The van der Waals surface area contributed by atoms with Crippen LogP contribution in [-0.4, -0.2) is 43.8 Å². The van der Waals surface area contributed by atoms with Crippen molar-refractivity contribution in [2.45, 2.75) is 71.0 Å². The molecule has 0 aliphatic heterocycles. The van der Waals surface area contributed by atoms with Crippen molar-refractivity contribution in [1.82, 2.24) is 10.2 Å². The molecule has 3 aromatic carbocycles. The molecule has 7 nitrogen and oxygen atoms in total. The van der Waals surface area contributed by atoms with E-state index in [4.69, 9.17) is 11.6 Å². The zero-order valence-corrected chi connectivity index (χ0v) is 25.3. The average molecular weight is 584 g/mol. The number of hydrogen-bond acceptors (Lipinski definition) is 4. The SMILES string of the molecule is CCC(C)NC(=O)C(CC)N(Cc1ccccc1C)C(=O)CN(c1cccc(Cl)c1)S(=O)(=O)c1ccc(C)cc1. The second kappa shape index (κ2) is 13.8. The summed E-state index contributed by atoms with van der Waals surface area (Å²) in [7, 11) is -4.15. The van der Waals surface area contributed by atoms with E-state index in [1.807, 2.05) is 58.9 Å². The van der Waals surface area contributed by atoms with E-state index in [2.05, 4.69) is 5.32 Å². The number of nitrogens with one attached hydrogen (secondary N) is 1. The van der Waals surface area contributed by atoms with Crippen LogP contribution in [0.15, 0.2) is 77.7 Å². The molecule has 2 atom stereocenters. The average Bonchev–Trinajstić information content (AvgIpc) is 2.92. The number of amides is 2. The molecule has 0 fully saturated rings. The highest BCUT2D eigenvalue weighted by atomic mass is 35.5. The molecule has 2 amide bonds. The van der Waals surface area contributed by atoms with Gasteiger partial charge in [0.25, 0.3) is 10.0 Å². The molecule has 3 rings (SSSR count). The molecule has 0 saturated heterocycles. The maximum atomic E-state index is 14.1. The van der Waals surface area contributed by atoms with Gasteiger partial charge in [-0.1, -0.05) is 73.5 Å². The van der Waals surface area contributed by atoms with E-state index >= 15 is 0 Å². The molecule has 0 spiro atoms. The summed E-state index contributed by atoms with van der Waals surface area (Å²) in [4.78, 5) is 29.0. The molecule has 0 heterocycles. The van der Waals surface area contributed by atoms with Crippen LogP contribution in [0.5, 0.6) is 0 Å². The Bertz CT molecular complexity index is 1430. The van der Waals surface area contributed by atoms with Gasteiger partial charge >= 0.3 is 0 Å². The van der Waals surface area contributed by atoms with Gasteiger partial charge in [-0.05, 0) is 75.1 Å². The summed E-state index contributed by atoms with van der Waals surface area (Å²) < 4.78 is 28.9. The predicted octanol–water partition coefficient (Wildman–Crippen LogP) is 5.87. The first-order valence-electron chi connectivity index (χ1n) is 13.5. The van der Waals surface area contributed by atoms with E-state index in [1.165, 1.54) is 23.1 Å². The molecule has 0 radical (unpaired) electrons. The Morgan fingerprint density at radius 3 is 2.20 bits per heavy atom. The molecule has 214 valence electrons. The van der Waals surface area contributed by atoms with Gasteiger partial charge in [0, 0.05) is 17.6 Å². The lowest BCUT2D eigenvalue weighted by atomic mass is 10.1. The molecular weight excluding hydrogens is 546 g/mol. The van der Waals surface area contributed by atoms with Gasteiger partial charge in [0.2, 0.25) is 11.8 Å². The third kappa shape index (κ3) is 7.64. The second-order valence-corrected chi connectivity index (χ2v) is 12.3. The molecule has 0 aliphatic rings. The lowest BCUT2D eigenvalue weighted by Crippen LogP contribution is -2.53. The first-order valence-corrected chi connectivity index (χ1v) is 15.3. The summed E-state index contributed by atoms with van der Waals surface area (Å²) in [6, 6.07) is 19.6. The van der Waals surface area contributed by atoms with Gasteiger partial charge in [-0.25, -0.2) is 8.42 Å². The van der Waals surface area contributed by atoms with Crippen LogP contribution in [0.4, 0.5) is 5.69 Å². The van der Waals surface area contributed by atoms with Crippen molar-refractivity contribution in [3.8, 4) is 0 Å². The van der Waals surface area contributed by atoms with E-state index in [1.54, 1.807) is 30.3 Å². The summed E-state index contributed by atoms with van der Waals surface area (Å²) in [6.07, 6.45) is 1.10. The maximum Gasteiger partial charge on any atom is 0.264 e. The molecular formula is C31H38ClN3O4S. The number of benzene rings is 3. The van der Waals surface area contributed by atoms with Crippen LogP contribution in [0.1, 0.15) is 50.3 Å². The van der Waals surface area contributed by atoms with Crippen LogP contribution in [0.2, 0.25) is 5.02 Å². The summed E-state index contributed by atoms with van der Waals surface area (Å²) in [5.74, 6) is -0.764. The van der Waals surface area contributed by atoms with Crippen LogP contribution in [-0.2, 0) is 26.2 Å². The number of carbonyl (C=O) groups is 2. The number of nitrogens with zero attached hydrogens (tertiary/aromatic N) is 2. The van der Waals surface area contributed by atoms with Crippen LogP contribution >= 0.6 is 11.6 Å². The number of rotatable bonds is 12. The van der Waals surface area contributed by atoms with E-state index in [9.17, 15) is 18.0 Å². The summed E-state index contributed by atoms with van der Waals surface area (Å²) in [5, 5.41) is 3.33. The second-order valence-electron chi connectivity index (χ2n) is 9.99. The van der Waals surface area contributed by atoms with Crippen molar-refractivity contribution in [2.24, 2.45) is 0 Å². The Kier molecular flexibility index (Phi) is 10.8. The monoisotopic (exact) mass is 583 g/mol. The molecule has 0 aliphatic carbocycles. The van der Waals surface area contributed by atoms with Gasteiger partial charge in [0.1, 0.15) is 12.6 Å². The number of sulfonamides is 1. The smallest absolute Gasteiger partial charge is 0.264 e. The molecule has 3 aromatic rings. The Morgan fingerprint density at radius 1 is 0.925 bits per heavy atom. The van der Waals surface area contributed by atoms with Crippen molar-refractivity contribution in [2.75, 3.05) is 10.8 Å². The minimum absolute atomic E-state index is 0.0536. The van der Waals surface area contributed by atoms with Crippen LogP contribution in [0.3, 0.4) is 0 Å². The minimum atomic E-state index is -4.15. The van der Waals surface area contributed by atoms with E-state index in [-0.39, 0.29) is 29.1 Å². The third-order valence-corrected chi connectivity index (χ3v) is 9.00. The number of halogens is 1. The van der Waals surface area contributed by atoms with E-state index in [0.29, 0.717) is 11.4 Å². The summed E-state index contributed by atoms with van der Waals surface area (Å²) >= 11 is 6.24. The van der Waals surface area contributed by atoms with Crippen molar-refractivity contribution < 1.29 is 18.0 Å². The minimum Gasteiger partial charge on any atom is -0.352 e. The molecule has 0 bridgehead atoms. The van der Waals surface area contributed by atoms with Gasteiger partial charge < -0.3 is 10.2 Å². The first-order chi connectivity index (χ1) is 19.0. The Balaban J connectivity index is 2.07. The zero-order valence-electron chi connectivity index (χ0n) is 23.7. The zero-order chi connectivity index (χ0) is 29.4. The third-order valence-electron chi connectivity index (χ3n) is 6.97. The van der Waals surface area contributed by atoms with Crippen molar-refractivity contribution in [1.29, 1.82) is 0 Å². The van der Waals surface area contributed by atoms with Crippen LogP contribution in [0, 0.1) is 13.8 Å². The van der Waals surface area contributed by atoms with Gasteiger partial charge in [-0.15, -0.1) is 0 Å². The van der Waals surface area contributed by atoms with Gasteiger partial charge in [0.15, 0.2) is 0 Å². The van der Waals surface area contributed by atoms with Gasteiger partial charge in [-0.2, -0.15) is 0 Å². The topological polar surface area (TPSA) is 86.8 Å².